The summed E-state index contributed by atoms with van der Waals surface area (Å²) in [5, 5.41) is 2.86. The molecule has 4 rings (SSSR count). The second kappa shape index (κ2) is 8.57. The third-order valence-electron chi connectivity index (χ3n) is 4.94. The molecule has 5 nitrogen and oxygen atoms in total. The van der Waals surface area contributed by atoms with Crippen LogP contribution in [0.4, 0.5) is 23.2 Å². The molecule has 30 heavy (non-hydrogen) atoms. The highest BCUT2D eigenvalue weighted by atomic mass is 32.1. The van der Waals surface area contributed by atoms with Crippen LogP contribution in [0.3, 0.4) is 0 Å². The fourth-order valence-corrected chi connectivity index (χ4v) is 4.18. The van der Waals surface area contributed by atoms with E-state index in [-0.39, 0.29) is 13.1 Å². The number of rotatable bonds is 5. The molecule has 0 atom stereocenters. The highest BCUT2D eigenvalue weighted by molar-refractivity contribution is 7.13. The summed E-state index contributed by atoms with van der Waals surface area (Å²) in [5.41, 5.74) is 1.18. The zero-order chi connectivity index (χ0) is 21.3. The number of thiazole rings is 1. The van der Waals surface area contributed by atoms with Gasteiger partial charge in [-0.3, -0.25) is 4.90 Å². The molecule has 0 unspecified atom stereocenters. The Bertz CT molecular complexity index is 1010. The molecular weight excluding hydrogens is 420 g/mol. The number of hydrogen-bond acceptors (Lipinski definition) is 6. The molecule has 1 aliphatic rings. The number of hydrogen-bond donors (Lipinski definition) is 0. The van der Waals surface area contributed by atoms with E-state index in [1.54, 1.807) is 7.11 Å². The van der Waals surface area contributed by atoms with Crippen molar-refractivity contribution in [3.05, 3.63) is 58.9 Å². The standard InChI is InChI=1S/C20H18F4N4OS/c1-29-14-4-2-12(3-5-14)20-25-13(11-30-20)10-27-6-8-28(9-7-27)17-15(21)18(23)26-19(24)16(17)22/h2-5,11H,6-10H2,1H3. The molecular formula is C20H18F4N4OS. The molecule has 0 aliphatic carbocycles. The van der Waals surface area contributed by atoms with Gasteiger partial charge in [0.1, 0.15) is 16.4 Å². The van der Waals surface area contributed by atoms with E-state index in [0.717, 1.165) is 22.0 Å². The zero-order valence-electron chi connectivity index (χ0n) is 16.0. The second-order valence-electron chi connectivity index (χ2n) is 6.81. The van der Waals surface area contributed by atoms with Crippen LogP contribution >= 0.6 is 11.3 Å². The predicted octanol–water partition coefficient (Wildman–Crippen LogP) is 4.09. The van der Waals surface area contributed by atoms with E-state index in [1.165, 1.54) is 16.2 Å². The van der Waals surface area contributed by atoms with Crippen molar-refractivity contribution in [3.8, 4) is 16.3 Å². The summed E-state index contributed by atoms with van der Waals surface area (Å²) in [7, 11) is 1.61. The summed E-state index contributed by atoms with van der Waals surface area (Å²) in [6, 6.07) is 7.63. The van der Waals surface area contributed by atoms with E-state index in [2.05, 4.69) is 14.9 Å². The number of ether oxygens (including phenoxy) is 1. The Labute approximate surface area is 174 Å². The fourth-order valence-electron chi connectivity index (χ4n) is 3.36. The molecule has 0 bridgehead atoms. The highest BCUT2D eigenvalue weighted by Gasteiger charge is 2.28. The Morgan fingerprint density at radius 1 is 0.933 bits per heavy atom. The maximum absolute atomic E-state index is 14.0. The molecule has 0 saturated carbocycles. The average molecular weight is 438 g/mol. The number of benzene rings is 1. The monoisotopic (exact) mass is 438 g/mol. The molecule has 0 spiro atoms. The van der Waals surface area contributed by atoms with Crippen molar-refractivity contribution in [1.82, 2.24) is 14.9 Å². The van der Waals surface area contributed by atoms with Gasteiger partial charge in [-0.05, 0) is 24.3 Å². The first kappa shape index (κ1) is 20.5. The van der Waals surface area contributed by atoms with Crippen molar-refractivity contribution in [3.63, 3.8) is 0 Å². The van der Waals surface area contributed by atoms with Crippen molar-refractivity contribution in [2.24, 2.45) is 0 Å². The Kier molecular flexibility index (Phi) is 5.87. The molecule has 0 N–H and O–H groups in total. The van der Waals surface area contributed by atoms with E-state index in [4.69, 9.17) is 4.74 Å². The third kappa shape index (κ3) is 4.10. The van der Waals surface area contributed by atoms with Crippen LogP contribution < -0.4 is 9.64 Å². The van der Waals surface area contributed by atoms with E-state index in [1.807, 2.05) is 29.6 Å². The minimum absolute atomic E-state index is 0.228. The number of methoxy groups -OCH3 is 1. The third-order valence-corrected chi connectivity index (χ3v) is 5.88. The van der Waals surface area contributed by atoms with Crippen molar-refractivity contribution in [2.45, 2.75) is 6.54 Å². The maximum Gasteiger partial charge on any atom is 0.253 e. The summed E-state index contributed by atoms with van der Waals surface area (Å²) in [6.45, 7) is 1.97. The van der Waals surface area contributed by atoms with Crippen LogP contribution in [0.15, 0.2) is 29.6 Å². The number of anilines is 1. The Hall–Kier alpha value is -2.72. The molecule has 0 radical (unpaired) electrons. The lowest BCUT2D eigenvalue weighted by molar-refractivity contribution is 0.245. The highest BCUT2D eigenvalue weighted by Crippen LogP contribution is 2.28. The minimum atomic E-state index is -1.64. The van der Waals surface area contributed by atoms with Gasteiger partial charge < -0.3 is 9.64 Å². The van der Waals surface area contributed by atoms with Crippen LogP contribution in [-0.2, 0) is 6.54 Å². The van der Waals surface area contributed by atoms with Crippen LogP contribution in [-0.4, -0.2) is 48.2 Å². The van der Waals surface area contributed by atoms with Gasteiger partial charge in [0.05, 0.1) is 12.8 Å². The first-order valence-corrected chi connectivity index (χ1v) is 10.1. The van der Waals surface area contributed by atoms with E-state index in [0.29, 0.717) is 19.6 Å². The molecule has 1 aromatic carbocycles. The Balaban J connectivity index is 1.39. The molecule has 0 amide bonds. The molecule has 3 aromatic rings. The first-order chi connectivity index (χ1) is 14.5. The predicted molar refractivity (Wildman–Crippen MR) is 106 cm³/mol. The Morgan fingerprint density at radius 2 is 1.57 bits per heavy atom. The number of halogens is 4. The molecule has 1 aliphatic heterocycles. The normalized spacial score (nSPS) is 14.9. The average Bonchev–Trinajstić information content (AvgIpc) is 3.22. The minimum Gasteiger partial charge on any atom is -0.497 e. The van der Waals surface area contributed by atoms with E-state index in [9.17, 15) is 17.6 Å². The van der Waals surface area contributed by atoms with Gasteiger partial charge in [0.25, 0.3) is 11.9 Å². The summed E-state index contributed by atoms with van der Waals surface area (Å²) in [5.74, 6) is -5.44. The smallest absolute Gasteiger partial charge is 0.253 e. The van der Waals surface area contributed by atoms with Crippen LogP contribution in [0.1, 0.15) is 5.69 Å². The quantitative estimate of drug-likeness (QED) is 0.443. The van der Waals surface area contributed by atoms with Crippen molar-refractivity contribution in [1.29, 1.82) is 0 Å². The van der Waals surface area contributed by atoms with Crippen LogP contribution in [0.2, 0.25) is 0 Å². The number of pyridine rings is 1. The lowest BCUT2D eigenvalue weighted by atomic mass is 10.2. The topological polar surface area (TPSA) is 41.5 Å². The summed E-state index contributed by atoms with van der Waals surface area (Å²) >= 11 is 1.53. The van der Waals surface area contributed by atoms with Gasteiger partial charge in [0.2, 0.25) is 11.6 Å². The van der Waals surface area contributed by atoms with Gasteiger partial charge in [0, 0.05) is 43.7 Å². The second-order valence-corrected chi connectivity index (χ2v) is 7.66. The number of aromatic nitrogens is 2. The van der Waals surface area contributed by atoms with E-state index >= 15 is 0 Å². The van der Waals surface area contributed by atoms with Crippen LogP contribution in [0, 0.1) is 23.5 Å². The molecule has 3 heterocycles. The van der Waals surface area contributed by atoms with Crippen molar-refractivity contribution < 1.29 is 22.3 Å². The van der Waals surface area contributed by atoms with Crippen LogP contribution in [0.25, 0.3) is 10.6 Å². The molecule has 1 fully saturated rings. The van der Waals surface area contributed by atoms with Gasteiger partial charge in [-0.2, -0.15) is 22.5 Å². The summed E-state index contributed by atoms with van der Waals surface area (Å²) in [4.78, 5) is 10.6. The van der Waals surface area contributed by atoms with Crippen molar-refractivity contribution >= 4 is 17.0 Å². The largest absolute Gasteiger partial charge is 0.497 e. The maximum atomic E-state index is 14.0. The van der Waals surface area contributed by atoms with Gasteiger partial charge in [-0.25, -0.2) is 4.98 Å². The molecule has 1 saturated heterocycles. The summed E-state index contributed by atoms with van der Waals surface area (Å²) in [6.07, 6.45) is 0. The lowest BCUT2D eigenvalue weighted by Crippen LogP contribution is -2.46. The number of nitrogens with zero attached hydrogens (tertiary/aromatic N) is 4. The Morgan fingerprint density at radius 3 is 2.17 bits per heavy atom. The molecule has 158 valence electrons. The van der Waals surface area contributed by atoms with Crippen molar-refractivity contribution in [2.75, 3.05) is 38.2 Å². The van der Waals surface area contributed by atoms with Gasteiger partial charge in [0.15, 0.2) is 0 Å². The summed E-state index contributed by atoms with van der Waals surface area (Å²) < 4.78 is 59.9. The lowest BCUT2D eigenvalue weighted by Gasteiger charge is -2.35. The van der Waals surface area contributed by atoms with Gasteiger partial charge in [-0.1, -0.05) is 0 Å². The first-order valence-electron chi connectivity index (χ1n) is 9.22. The number of piperazine rings is 1. The fraction of sp³-hybridized carbons (Fsp3) is 0.300. The molecule has 10 heteroatoms. The SMILES string of the molecule is COc1ccc(-c2nc(CN3CCN(c4c(F)c(F)nc(F)c4F)CC3)cs2)cc1. The van der Waals surface area contributed by atoms with E-state index < -0.39 is 29.2 Å². The molecule has 2 aromatic heterocycles. The van der Waals surface area contributed by atoms with Crippen LogP contribution in [0.5, 0.6) is 5.75 Å². The zero-order valence-corrected chi connectivity index (χ0v) is 16.9. The van der Waals surface area contributed by atoms with Gasteiger partial charge in [-0.15, -0.1) is 11.3 Å². The van der Waals surface area contributed by atoms with Gasteiger partial charge >= 0.3 is 0 Å².